The molecule has 0 unspecified atom stereocenters. The van der Waals surface area contributed by atoms with Crippen LogP contribution in [0.3, 0.4) is 0 Å². The zero-order valence-corrected chi connectivity index (χ0v) is 11.8. The summed E-state index contributed by atoms with van der Waals surface area (Å²) in [7, 11) is 0. The van der Waals surface area contributed by atoms with E-state index in [1.54, 1.807) is 6.20 Å². The summed E-state index contributed by atoms with van der Waals surface area (Å²) >= 11 is 0. The van der Waals surface area contributed by atoms with Crippen LogP contribution in [0.4, 0.5) is 5.69 Å². The van der Waals surface area contributed by atoms with Gasteiger partial charge in [0.2, 0.25) is 0 Å². The molecular formula is C18H17N3. The average Bonchev–Trinajstić information content (AvgIpc) is 3.19. The van der Waals surface area contributed by atoms with Crippen molar-refractivity contribution in [3.05, 3.63) is 78.1 Å². The van der Waals surface area contributed by atoms with Crippen molar-refractivity contribution in [2.75, 3.05) is 11.4 Å². The molecular weight excluding hydrogens is 258 g/mol. The Morgan fingerprint density at radius 3 is 2.62 bits per heavy atom. The molecule has 0 bridgehead atoms. The third-order valence-corrected chi connectivity index (χ3v) is 4.06. The fourth-order valence-electron chi connectivity index (χ4n) is 2.97. The van der Waals surface area contributed by atoms with E-state index in [-0.39, 0.29) is 0 Å². The number of fused-ring (bicyclic) bond motifs is 1. The summed E-state index contributed by atoms with van der Waals surface area (Å²) in [6.07, 6.45) is 4.92. The third kappa shape index (κ3) is 2.31. The van der Waals surface area contributed by atoms with Crippen LogP contribution in [-0.4, -0.2) is 16.3 Å². The lowest BCUT2D eigenvalue weighted by atomic mass is 10.1. The first-order valence-electron chi connectivity index (χ1n) is 7.32. The summed E-state index contributed by atoms with van der Waals surface area (Å²) in [6, 6.07) is 19.3. The number of anilines is 1. The van der Waals surface area contributed by atoms with Crippen molar-refractivity contribution in [1.29, 1.82) is 0 Å². The standard InChI is InChI=1S/C18H17N3/c1-2-5-18-16(4-1)10-13-20(18)14-15-6-8-17(9-7-15)21-12-3-11-19-21/h1-9,11-12H,10,13-14H2. The maximum absolute atomic E-state index is 4.26. The lowest BCUT2D eigenvalue weighted by molar-refractivity contribution is 0.833. The highest BCUT2D eigenvalue weighted by Crippen LogP contribution is 2.28. The van der Waals surface area contributed by atoms with E-state index in [2.05, 4.69) is 58.5 Å². The van der Waals surface area contributed by atoms with Crippen LogP contribution in [-0.2, 0) is 13.0 Å². The van der Waals surface area contributed by atoms with Gasteiger partial charge in [-0.3, -0.25) is 0 Å². The average molecular weight is 275 g/mol. The zero-order chi connectivity index (χ0) is 14.1. The molecule has 104 valence electrons. The van der Waals surface area contributed by atoms with Crippen molar-refractivity contribution < 1.29 is 0 Å². The Balaban J connectivity index is 1.53. The number of hydrogen-bond donors (Lipinski definition) is 0. The van der Waals surface area contributed by atoms with Crippen LogP contribution in [0.5, 0.6) is 0 Å². The van der Waals surface area contributed by atoms with Crippen LogP contribution < -0.4 is 4.90 Å². The van der Waals surface area contributed by atoms with Crippen molar-refractivity contribution in [3.8, 4) is 5.69 Å². The Labute approximate surface area is 124 Å². The topological polar surface area (TPSA) is 21.1 Å². The Kier molecular flexibility index (Phi) is 2.96. The second kappa shape index (κ2) is 5.09. The number of rotatable bonds is 3. The van der Waals surface area contributed by atoms with Crippen molar-refractivity contribution in [3.63, 3.8) is 0 Å². The second-order valence-electron chi connectivity index (χ2n) is 5.42. The Morgan fingerprint density at radius 2 is 1.81 bits per heavy atom. The van der Waals surface area contributed by atoms with Gasteiger partial charge in [-0.25, -0.2) is 4.68 Å². The van der Waals surface area contributed by atoms with Gasteiger partial charge in [-0.15, -0.1) is 0 Å². The molecule has 3 nitrogen and oxygen atoms in total. The Morgan fingerprint density at radius 1 is 0.952 bits per heavy atom. The van der Waals surface area contributed by atoms with Gasteiger partial charge in [-0.05, 0) is 41.8 Å². The highest BCUT2D eigenvalue weighted by atomic mass is 15.3. The van der Waals surface area contributed by atoms with Crippen molar-refractivity contribution >= 4 is 5.69 Å². The lowest BCUT2D eigenvalue weighted by Crippen LogP contribution is -2.19. The maximum atomic E-state index is 4.26. The first kappa shape index (κ1) is 12.2. The van der Waals surface area contributed by atoms with Crippen LogP contribution >= 0.6 is 0 Å². The molecule has 21 heavy (non-hydrogen) atoms. The number of benzene rings is 2. The minimum absolute atomic E-state index is 0.969. The molecule has 0 saturated heterocycles. The predicted octanol–water partition coefficient (Wildman–Crippen LogP) is 3.44. The summed E-state index contributed by atoms with van der Waals surface area (Å²) in [5.41, 5.74) is 5.28. The van der Waals surface area contributed by atoms with Crippen LogP contribution in [0.15, 0.2) is 67.0 Å². The molecule has 4 rings (SSSR count). The quantitative estimate of drug-likeness (QED) is 0.730. The third-order valence-electron chi connectivity index (χ3n) is 4.06. The first-order chi connectivity index (χ1) is 10.4. The van der Waals surface area contributed by atoms with Gasteiger partial charge in [-0.2, -0.15) is 5.10 Å². The summed E-state index contributed by atoms with van der Waals surface area (Å²) < 4.78 is 1.88. The van der Waals surface area contributed by atoms with Gasteiger partial charge >= 0.3 is 0 Å². The van der Waals surface area contributed by atoms with Crippen LogP contribution in [0.2, 0.25) is 0 Å². The molecule has 0 aliphatic carbocycles. The van der Waals surface area contributed by atoms with E-state index >= 15 is 0 Å². The van der Waals surface area contributed by atoms with E-state index < -0.39 is 0 Å². The van der Waals surface area contributed by atoms with E-state index in [4.69, 9.17) is 0 Å². The predicted molar refractivity (Wildman–Crippen MR) is 84.8 cm³/mol. The minimum atomic E-state index is 0.969. The van der Waals surface area contributed by atoms with Crippen LogP contribution in [0, 0.1) is 0 Å². The molecule has 0 fully saturated rings. The van der Waals surface area contributed by atoms with E-state index in [0.29, 0.717) is 0 Å². The number of para-hydroxylation sites is 1. The summed E-state index contributed by atoms with van der Waals surface area (Å²) in [5.74, 6) is 0. The highest BCUT2D eigenvalue weighted by Gasteiger charge is 2.17. The van der Waals surface area contributed by atoms with E-state index in [9.17, 15) is 0 Å². The molecule has 1 aromatic heterocycles. The molecule has 0 spiro atoms. The lowest BCUT2D eigenvalue weighted by Gasteiger charge is -2.19. The molecule has 0 amide bonds. The molecule has 0 N–H and O–H groups in total. The normalized spacial score (nSPS) is 13.4. The molecule has 3 aromatic rings. The van der Waals surface area contributed by atoms with Gasteiger partial charge in [0.15, 0.2) is 0 Å². The van der Waals surface area contributed by atoms with Gasteiger partial charge in [-0.1, -0.05) is 30.3 Å². The summed E-state index contributed by atoms with van der Waals surface area (Å²) in [4.78, 5) is 2.46. The fourth-order valence-corrected chi connectivity index (χ4v) is 2.97. The van der Waals surface area contributed by atoms with Gasteiger partial charge in [0.1, 0.15) is 0 Å². The summed E-state index contributed by atoms with van der Waals surface area (Å²) in [6.45, 7) is 2.08. The first-order valence-corrected chi connectivity index (χ1v) is 7.32. The number of hydrogen-bond acceptors (Lipinski definition) is 2. The SMILES string of the molecule is c1ccc2c(c1)CCN2Cc1ccc(-n2cccn2)cc1. The molecule has 0 atom stereocenters. The number of nitrogens with zero attached hydrogens (tertiary/aromatic N) is 3. The monoisotopic (exact) mass is 275 g/mol. The van der Waals surface area contributed by atoms with E-state index in [1.807, 2.05) is 16.9 Å². The molecule has 3 heteroatoms. The van der Waals surface area contributed by atoms with Gasteiger partial charge < -0.3 is 4.90 Å². The van der Waals surface area contributed by atoms with Gasteiger partial charge in [0.05, 0.1) is 5.69 Å². The number of aromatic nitrogens is 2. The van der Waals surface area contributed by atoms with Crippen molar-refractivity contribution in [2.24, 2.45) is 0 Å². The fraction of sp³-hybridized carbons (Fsp3) is 0.167. The molecule has 1 aliphatic rings. The highest BCUT2D eigenvalue weighted by molar-refractivity contribution is 5.58. The molecule has 0 radical (unpaired) electrons. The summed E-state index contributed by atoms with van der Waals surface area (Å²) in [5, 5.41) is 4.26. The van der Waals surface area contributed by atoms with Crippen molar-refractivity contribution in [2.45, 2.75) is 13.0 Å². The Bertz CT molecular complexity index is 729. The van der Waals surface area contributed by atoms with E-state index in [0.717, 1.165) is 25.2 Å². The molecule has 2 aromatic carbocycles. The van der Waals surface area contributed by atoms with Gasteiger partial charge in [0.25, 0.3) is 0 Å². The molecule has 0 saturated carbocycles. The van der Waals surface area contributed by atoms with Crippen LogP contribution in [0.25, 0.3) is 5.69 Å². The Hall–Kier alpha value is -2.55. The molecule has 1 aliphatic heterocycles. The zero-order valence-electron chi connectivity index (χ0n) is 11.8. The smallest absolute Gasteiger partial charge is 0.0645 e. The maximum Gasteiger partial charge on any atom is 0.0645 e. The largest absolute Gasteiger partial charge is 0.367 e. The van der Waals surface area contributed by atoms with Gasteiger partial charge in [0, 0.05) is 31.2 Å². The minimum Gasteiger partial charge on any atom is -0.367 e. The van der Waals surface area contributed by atoms with Crippen molar-refractivity contribution in [1.82, 2.24) is 9.78 Å². The van der Waals surface area contributed by atoms with Crippen LogP contribution in [0.1, 0.15) is 11.1 Å². The molecule has 2 heterocycles. The van der Waals surface area contributed by atoms with E-state index in [1.165, 1.54) is 16.8 Å². The second-order valence-corrected chi connectivity index (χ2v) is 5.42.